The van der Waals surface area contributed by atoms with E-state index in [1.165, 1.54) is 17.0 Å². The second-order valence-electron chi connectivity index (χ2n) is 3.23. The molecule has 1 aliphatic rings. The summed E-state index contributed by atoms with van der Waals surface area (Å²) in [5.41, 5.74) is 5.41. The number of urea groups is 1. The van der Waals surface area contributed by atoms with Crippen LogP contribution in [-0.2, 0) is 0 Å². The number of hydrogen-bond acceptors (Lipinski definition) is 3. The van der Waals surface area contributed by atoms with E-state index in [4.69, 9.17) is 0 Å². The topological polar surface area (TPSA) is 53.6 Å². The Bertz CT molecular complexity index is 418. The summed E-state index contributed by atoms with van der Waals surface area (Å²) in [4.78, 5) is 12.6. The largest absolute Gasteiger partial charge is 0.573 e. The van der Waals surface area contributed by atoms with Crippen molar-refractivity contribution < 1.29 is 22.7 Å². The summed E-state index contributed by atoms with van der Waals surface area (Å²) in [7, 11) is 0. The Balaban J connectivity index is 2.10. The first-order valence-corrected chi connectivity index (χ1v) is 4.62. The third-order valence-corrected chi connectivity index (χ3v) is 2.06. The second-order valence-corrected chi connectivity index (χ2v) is 3.23. The van der Waals surface area contributed by atoms with Crippen LogP contribution in [-0.4, -0.2) is 19.1 Å². The molecule has 1 aliphatic heterocycles. The van der Waals surface area contributed by atoms with Crippen molar-refractivity contribution in [3.63, 3.8) is 0 Å². The molecule has 2 amide bonds. The lowest BCUT2D eigenvalue weighted by Gasteiger charge is -2.14. The number of halogens is 3. The van der Waals surface area contributed by atoms with Gasteiger partial charge in [-0.1, -0.05) is 0 Å². The van der Waals surface area contributed by atoms with Crippen LogP contribution in [0.3, 0.4) is 0 Å². The third-order valence-electron chi connectivity index (χ3n) is 2.06. The molecule has 0 bridgehead atoms. The van der Waals surface area contributed by atoms with Crippen LogP contribution in [0.15, 0.2) is 24.3 Å². The molecule has 2 N–H and O–H groups in total. The number of nitrogens with zero attached hydrogens (tertiary/aromatic N) is 1. The molecule has 0 unspecified atom stereocenters. The number of nitrogens with one attached hydrogen (secondary N) is 2. The van der Waals surface area contributed by atoms with Crippen molar-refractivity contribution in [2.45, 2.75) is 6.36 Å². The molecule has 92 valence electrons. The summed E-state index contributed by atoms with van der Waals surface area (Å²) in [6, 6.07) is 4.67. The van der Waals surface area contributed by atoms with Gasteiger partial charge in [0, 0.05) is 5.69 Å². The maximum absolute atomic E-state index is 11.9. The maximum Gasteiger partial charge on any atom is 0.573 e. The average Bonchev–Trinajstić information content (AvgIpc) is 2.63. The van der Waals surface area contributed by atoms with E-state index in [1.54, 1.807) is 0 Å². The van der Waals surface area contributed by atoms with Crippen molar-refractivity contribution >= 4 is 11.7 Å². The van der Waals surface area contributed by atoms with Gasteiger partial charge in [0.2, 0.25) is 0 Å². The first-order chi connectivity index (χ1) is 7.96. The number of ether oxygens (including phenoxy) is 1. The normalized spacial score (nSPS) is 15.9. The van der Waals surface area contributed by atoms with Crippen molar-refractivity contribution in [2.24, 2.45) is 0 Å². The molecular formula is C9H8F3N3O2. The summed E-state index contributed by atoms with van der Waals surface area (Å²) < 4.78 is 39.4. The molecule has 1 aromatic carbocycles. The fourth-order valence-electron chi connectivity index (χ4n) is 1.37. The Morgan fingerprint density at radius 2 is 1.88 bits per heavy atom. The van der Waals surface area contributed by atoms with Gasteiger partial charge in [0.05, 0.1) is 6.67 Å². The summed E-state index contributed by atoms with van der Waals surface area (Å²) >= 11 is 0. The summed E-state index contributed by atoms with van der Waals surface area (Å²) in [6.45, 7) is 0.248. The van der Waals surface area contributed by atoms with Gasteiger partial charge in [-0.2, -0.15) is 0 Å². The molecule has 8 heteroatoms. The van der Waals surface area contributed by atoms with E-state index in [0.29, 0.717) is 5.69 Å². The molecule has 17 heavy (non-hydrogen) atoms. The standard InChI is InChI=1S/C9H8F3N3O2/c10-9(11,12)17-7-3-1-6(2-4-7)15-5-13-14-8(15)16/h1-4,13H,5H2,(H,14,16). The number of hydrogen-bond donors (Lipinski definition) is 2. The van der Waals surface area contributed by atoms with E-state index in [-0.39, 0.29) is 18.4 Å². The van der Waals surface area contributed by atoms with E-state index >= 15 is 0 Å². The number of benzene rings is 1. The first kappa shape index (κ1) is 11.5. The highest BCUT2D eigenvalue weighted by molar-refractivity contribution is 5.93. The number of amides is 2. The lowest BCUT2D eigenvalue weighted by Crippen LogP contribution is -2.28. The van der Waals surface area contributed by atoms with Crippen LogP contribution in [0, 0.1) is 0 Å². The van der Waals surface area contributed by atoms with Gasteiger partial charge in [0.15, 0.2) is 0 Å². The van der Waals surface area contributed by atoms with Crippen molar-refractivity contribution in [1.82, 2.24) is 10.9 Å². The number of anilines is 1. The van der Waals surface area contributed by atoms with Gasteiger partial charge in [-0.25, -0.2) is 10.2 Å². The number of hydrazine groups is 1. The number of carbonyl (C=O) groups excluding carboxylic acids is 1. The van der Waals surface area contributed by atoms with Gasteiger partial charge in [0.1, 0.15) is 5.75 Å². The molecule has 2 rings (SSSR count). The van der Waals surface area contributed by atoms with Crippen LogP contribution < -0.4 is 20.5 Å². The molecule has 0 aromatic heterocycles. The minimum absolute atomic E-state index is 0.248. The lowest BCUT2D eigenvalue weighted by molar-refractivity contribution is -0.274. The molecule has 1 saturated heterocycles. The predicted octanol–water partition coefficient (Wildman–Crippen LogP) is 1.58. The zero-order valence-corrected chi connectivity index (χ0v) is 8.41. The summed E-state index contributed by atoms with van der Waals surface area (Å²) in [6.07, 6.45) is -4.71. The lowest BCUT2D eigenvalue weighted by atomic mass is 10.3. The molecule has 1 aromatic rings. The van der Waals surface area contributed by atoms with Crippen LogP contribution in [0.4, 0.5) is 23.7 Å². The van der Waals surface area contributed by atoms with Crippen molar-refractivity contribution in [3.05, 3.63) is 24.3 Å². The Morgan fingerprint density at radius 1 is 1.24 bits per heavy atom. The fraction of sp³-hybridized carbons (Fsp3) is 0.222. The van der Waals surface area contributed by atoms with E-state index in [1.807, 2.05) is 0 Å². The first-order valence-electron chi connectivity index (χ1n) is 4.62. The predicted molar refractivity (Wildman–Crippen MR) is 52.1 cm³/mol. The van der Waals surface area contributed by atoms with Gasteiger partial charge in [-0.3, -0.25) is 10.3 Å². The van der Waals surface area contributed by atoms with Crippen molar-refractivity contribution in [3.8, 4) is 5.75 Å². The van der Waals surface area contributed by atoms with Crippen LogP contribution >= 0.6 is 0 Å². The third kappa shape index (κ3) is 2.78. The highest BCUT2D eigenvalue weighted by Gasteiger charge is 2.31. The van der Waals surface area contributed by atoms with Crippen LogP contribution in [0.5, 0.6) is 5.75 Å². The molecular weight excluding hydrogens is 239 g/mol. The van der Waals surface area contributed by atoms with Crippen LogP contribution in [0.1, 0.15) is 0 Å². The quantitative estimate of drug-likeness (QED) is 0.834. The highest BCUT2D eigenvalue weighted by atomic mass is 19.4. The number of carbonyl (C=O) groups is 1. The summed E-state index contributed by atoms with van der Waals surface area (Å²) in [5.74, 6) is -0.325. The Hall–Kier alpha value is -1.96. The molecule has 0 atom stereocenters. The zero-order valence-electron chi connectivity index (χ0n) is 8.41. The Kier molecular flexibility index (Phi) is 2.80. The number of alkyl halides is 3. The van der Waals surface area contributed by atoms with E-state index in [2.05, 4.69) is 15.6 Å². The molecule has 1 fully saturated rings. The molecule has 0 saturated carbocycles. The van der Waals surface area contributed by atoms with Crippen LogP contribution in [0.25, 0.3) is 0 Å². The maximum atomic E-state index is 11.9. The van der Waals surface area contributed by atoms with Gasteiger partial charge in [-0.15, -0.1) is 13.2 Å². The van der Waals surface area contributed by atoms with E-state index < -0.39 is 6.36 Å². The Labute approximate surface area is 94.1 Å². The summed E-state index contributed by atoms with van der Waals surface area (Å²) in [5, 5.41) is 0. The zero-order chi connectivity index (χ0) is 12.5. The van der Waals surface area contributed by atoms with Gasteiger partial charge < -0.3 is 4.74 Å². The van der Waals surface area contributed by atoms with E-state index in [9.17, 15) is 18.0 Å². The highest BCUT2D eigenvalue weighted by Crippen LogP contribution is 2.25. The monoisotopic (exact) mass is 247 g/mol. The minimum atomic E-state index is -4.71. The molecule has 0 spiro atoms. The average molecular weight is 247 g/mol. The van der Waals surface area contributed by atoms with Crippen LogP contribution in [0.2, 0.25) is 0 Å². The minimum Gasteiger partial charge on any atom is -0.406 e. The Morgan fingerprint density at radius 3 is 2.35 bits per heavy atom. The molecule has 0 aliphatic carbocycles. The van der Waals surface area contributed by atoms with Gasteiger partial charge >= 0.3 is 12.4 Å². The van der Waals surface area contributed by atoms with Gasteiger partial charge in [-0.05, 0) is 24.3 Å². The molecule has 1 heterocycles. The van der Waals surface area contributed by atoms with Gasteiger partial charge in [0.25, 0.3) is 0 Å². The smallest absolute Gasteiger partial charge is 0.406 e. The second kappa shape index (κ2) is 4.13. The molecule has 5 nitrogen and oxygen atoms in total. The van der Waals surface area contributed by atoms with E-state index in [0.717, 1.165) is 12.1 Å². The van der Waals surface area contributed by atoms with Crippen molar-refractivity contribution in [1.29, 1.82) is 0 Å². The number of rotatable bonds is 2. The van der Waals surface area contributed by atoms with Crippen molar-refractivity contribution in [2.75, 3.05) is 11.6 Å². The SMILES string of the molecule is O=C1NNCN1c1ccc(OC(F)(F)F)cc1. The fourth-order valence-corrected chi connectivity index (χ4v) is 1.37. The molecule has 0 radical (unpaired) electrons.